The number of carbonyl (C=O) groups is 2. The number of nitrogens with zero attached hydrogens (tertiary/aromatic N) is 6. The Hall–Kier alpha value is -3.20. The highest BCUT2D eigenvalue weighted by Crippen LogP contribution is 2.22. The summed E-state index contributed by atoms with van der Waals surface area (Å²) in [6.45, 7) is 10.6. The molecule has 37 heavy (non-hydrogen) atoms. The smallest absolute Gasteiger partial charge is 0.317 e. The zero-order valence-corrected chi connectivity index (χ0v) is 22.5. The van der Waals surface area contributed by atoms with Gasteiger partial charge in [-0.1, -0.05) is 30.3 Å². The molecule has 0 saturated carbocycles. The molecular formula is C28H41N7O2. The Morgan fingerprint density at radius 1 is 1.05 bits per heavy atom. The topological polar surface area (TPSA) is 84.9 Å². The van der Waals surface area contributed by atoms with Crippen LogP contribution in [-0.2, 0) is 6.54 Å². The number of amides is 3. The van der Waals surface area contributed by atoms with Gasteiger partial charge in [0.2, 0.25) is 5.95 Å². The van der Waals surface area contributed by atoms with E-state index in [-0.39, 0.29) is 18.0 Å². The molecule has 9 heteroatoms. The summed E-state index contributed by atoms with van der Waals surface area (Å²) in [5, 5.41) is 3.15. The van der Waals surface area contributed by atoms with Crippen molar-refractivity contribution in [1.29, 1.82) is 0 Å². The lowest BCUT2D eigenvalue weighted by Crippen LogP contribution is -2.57. The molecule has 1 N–H and O–H groups in total. The number of hydrogen-bond acceptors (Lipinski definition) is 6. The molecule has 1 aromatic heterocycles. The van der Waals surface area contributed by atoms with Crippen LogP contribution in [0.4, 0.5) is 10.7 Å². The average Bonchev–Trinajstić information content (AvgIpc) is 2.93. The fourth-order valence-electron chi connectivity index (χ4n) is 5.16. The summed E-state index contributed by atoms with van der Waals surface area (Å²) in [4.78, 5) is 42.1. The predicted molar refractivity (Wildman–Crippen MR) is 146 cm³/mol. The molecule has 2 aromatic rings. The van der Waals surface area contributed by atoms with Gasteiger partial charge in [0.15, 0.2) is 0 Å². The van der Waals surface area contributed by atoms with E-state index in [2.05, 4.69) is 62.3 Å². The third kappa shape index (κ3) is 7.19. The van der Waals surface area contributed by atoms with Crippen molar-refractivity contribution in [3.8, 4) is 0 Å². The highest BCUT2D eigenvalue weighted by atomic mass is 16.2. The van der Waals surface area contributed by atoms with E-state index in [1.807, 2.05) is 11.8 Å². The molecule has 2 aliphatic heterocycles. The van der Waals surface area contributed by atoms with Crippen molar-refractivity contribution in [2.75, 3.05) is 57.8 Å². The number of urea groups is 1. The number of likely N-dealkylation sites (tertiary alicyclic amines) is 1. The molecule has 3 heterocycles. The van der Waals surface area contributed by atoms with E-state index >= 15 is 0 Å². The van der Waals surface area contributed by atoms with E-state index in [0.717, 1.165) is 32.6 Å². The molecule has 4 rings (SSSR count). The van der Waals surface area contributed by atoms with Crippen molar-refractivity contribution in [2.24, 2.45) is 5.92 Å². The maximum atomic E-state index is 12.9. The quantitative estimate of drug-likeness (QED) is 0.591. The van der Waals surface area contributed by atoms with E-state index in [9.17, 15) is 9.59 Å². The molecule has 0 radical (unpaired) electrons. The SMILES string of the molecule is CCN(C)C(=O)c1cnc(N2CCN(C(=O)NCCC3CCN(Cc4ccccc4)CC3)[C@H](C)C2)nc1. The summed E-state index contributed by atoms with van der Waals surface area (Å²) < 4.78 is 0. The van der Waals surface area contributed by atoms with Gasteiger partial charge in [0, 0.05) is 64.8 Å². The standard InChI is InChI=1S/C28H41N7O2/c1-4-32(3)26(36)25-18-30-27(31-19-25)34-16-17-35(22(2)20-34)28(37)29-13-10-23-11-14-33(15-12-23)21-24-8-6-5-7-9-24/h5-9,18-19,22-23H,4,10-17,20-21H2,1-3H3,(H,29,37)/t22-/m1/s1. The Balaban J connectivity index is 1.16. The fraction of sp³-hybridized carbons (Fsp3) is 0.571. The van der Waals surface area contributed by atoms with Crippen LogP contribution in [0.5, 0.6) is 0 Å². The number of benzene rings is 1. The molecule has 1 aromatic carbocycles. The Kier molecular flexibility index (Phi) is 9.33. The van der Waals surface area contributed by atoms with Crippen molar-refractivity contribution >= 4 is 17.9 Å². The third-order valence-electron chi connectivity index (χ3n) is 7.66. The van der Waals surface area contributed by atoms with Crippen molar-refractivity contribution in [2.45, 2.75) is 45.7 Å². The third-order valence-corrected chi connectivity index (χ3v) is 7.66. The van der Waals surface area contributed by atoms with Crippen LogP contribution in [0.1, 0.15) is 49.0 Å². The first kappa shape index (κ1) is 26.9. The summed E-state index contributed by atoms with van der Waals surface area (Å²) in [7, 11) is 1.76. The normalized spacial score (nSPS) is 19.1. The number of piperidine rings is 1. The van der Waals surface area contributed by atoms with Crippen LogP contribution in [-0.4, -0.2) is 95.5 Å². The minimum absolute atomic E-state index is 0.0122. The van der Waals surface area contributed by atoms with Crippen LogP contribution in [0.3, 0.4) is 0 Å². The average molecular weight is 508 g/mol. The van der Waals surface area contributed by atoms with Gasteiger partial charge in [-0.3, -0.25) is 9.69 Å². The van der Waals surface area contributed by atoms with Gasteiger partial charge in [-0.15, -0.1) is 0 Å². The Bertz CT molecular complexity index is 1010. The Morgan fingerprint density at radius 2 is 1.76 bits per heavy atom. The van der Waals surface area contributed by atoms with Crippen LogP contribution in [0.2, 0.25) is 0 Å². The lowest BCUT2D eigenvalue weighted by molar-refractivity contribution is 0.0801. The van der Waals surface area contributed by atoms with Crippen LogP contribution < -0.4 is 10.2 Å². The van der Waals surface area contributed by atoms with Crippen molar-refractivity contribution in [3.63, 3.8) is 0 Å². The molecule has 0 aliphatic carbocycles. The van der Waals surface area contributed by atoms with E-state index in [0.29, 0.717) is 43.6 Å². The molecule has 2 saturated heterocycles. The predicted octanol–water partition coefficient (Wildman–Crippen LogP) is 3.09. The molecule has 0 spiro atoms. The first-order valence-corrected chi connectivity index (χ1v) is 13.6. The summed E-state index contributed by atoms with van der Waals surface area (Å²) in [5.74, 6) is 1.19. The molecule has 200 valence electrons. The molecule has 9 nitrogen and oxygen atoms in total. The summed E-state index contributed by atoms with van der Waals surface area (Å²) in [6, 6.07) is 10.7. The summed E-state index contributed by atoms with van der Waals surface area (Å²) in [6.07, 6.45) is 6.60. The highest BCUT2D eigenvalue weighted by molar-refractivity contribution is 5.93. The number of rotatable bonds is 8. The maximum Gasteiger partial charge on any atom is 0.317 e. The van der Waals surface area contributed by atoms with Crippen LogP contribution >= 0.6 is 0 Å². The molecule has 2 aliphatic rings. The summed E-state index contributed by atoms with van der Waals surface area (Å²) in [5.41, 5.74) is 1.86. The van der Waals surface area contributed by atoms with E-state index in [1.54, 1.807) is 24.3 Å². The van der Waals surface area contributed by atoms with Gasteiger partial charge in [0.1, 0.15) is 0 Å². The highest BCUT2D eigenvalue weighted by Gasteiger charge is 2.29. The van der Waals surface area contributed by atoms with E-state index in [4.69, 9.17) is 0 Å². The number of aromatic nitrogens is 2. The van der Waals surface area contributed by atoms with Gasteiger partial charge in [-0.25, -0.2) is 14.8 Å². The van der Waals surface area contributed by atoms with Crippen LogP contribution in [0.15, 0.2) is 42.7 Å². The van der Waals surface area contributed by atoms with Crippen molar-refractivity contribution in [3.05, 3.63) is 53.9 Å². The minimum atomic E-state index is -0.0818. The second-order valence-electron chi connectivity index (χ2n) is 10.3. The summed E-state index contributed by atoms with van der Waals surface area (Å²) >= 11 is 0. The first-order valence-electron chi connectivity index (χ1n) is 13.6. The monoisotopic (exact) mass is 507 g/mol. The molecule has 3 amide bonds. The number of nitrogens with one attached hydrogen (secondary N) is 1. The number of anilines is 1. The lowest BCUT2D eigenvalue weighted by Gasteiger charge is -2.39. The second kappa shape index (κ2) is 12.9. The van der Waals surface area contributed by atoms with Crippen LogP contribution in [0.25, 0.3) is 0 Å². The number of hydrogen-bond donors (Lipinski definition) is 1. The van der Waals surface area contributed by atoms with Gasteiger partial charge in [-0.2, -0.15) is 0 Å². The number of carbonyl (C=O) groups excluding carboxylic acids is 2. The number of piperazine rings is 1. The lowest BCUT2D eigenvalue weighted by atomic mass is 9.93. The van der Waals surface area contributed by atoms with E-state index < -0.39 is 0 Å². The second-order valence-corrected chi connectivity index (χ2v) is 10.3. The zero-order chi connectivity index (χ0) is 26.2. The zero-order valence-electron chi connectivity index (χ0n) is 22.5. The van der Waals surface area contributed by atoms with Crippen molar-refractivity contribution in [1.82, 2.24) is 30.0 Å². The van der Waals surface area contributed by atoms with Crippen molar-refractivity contribution < 1.29 is 9.59 Å². The van der Waals surface area contributed by atoms with Gasteiger partial charge in [-0.05, 0) is 57.7 Å². The van der Waals surface area contributed by atoms with Crippen LogP contribution in [0, 0.1) is 5.92 Å². The van der Waals surface area contributed by atoms with Gasteiger partial charge in [0.25, 0.3) is 5.91 Å². The molecular weight excluding hydrogens is 466 g/mol. The first-order chi connectivity index (χ1) is 17.9. The van der Waals surface area contributed by atoms with Gasteiger partial charge >= 0.3 is 6.03 Å². The largest absolute Gasteiger partial charge is 0.342 e. The molecule has 2 fully saturated rings. The van der Waals surface area contributed by atoms with Gasteiger partial charge < -0.3 is 20.0 Å². The minimum Gasteiger partial charge on any atom is -0.342 e. The molecule has 0 bridgehead atoms. The van der Waals surface area contributed by atoms with Gasteiger partial charge in [0.05, 0.1) is 5.56 Å². The molecule has 0 unspecified atom stereocenters. The van der Waals surface area contributed by atoms with E-state index in [1.165, 1.54) is 18.4 Å². The Labute approximate surface area is 220 Å². The fourth-order valence-corrected chi connectivity index (χ4v) is 5.16. The molecule has 1 atom stereocenters. The maximum absolute atomic E-state index is 12.9. The Morgan fingerprint density at radius 3 is 2.41 bits per heavy atom.